The molecule has 0 amide bonds. The van der Waals surface area contributed by atoms with Crippen molar-refractivity contribution in [2.75, 3.05) is 11.0 Å². The molecule has 0 bridgehead atoms. The van der Waals surface area contributed by atoms with Crippen LogP contribution < -0.4 is 10.5 Å². The van der Waals surface area contributed by atoms with E-state index in [0.717, 1.165) is 11.8 Å². The van der Waals surface area contributed by atoms with Gasteiger partial charge in [-0.25, -0.2) is 12.8 Å². The summed E-state index contributed by atoms with van der Waals surface area (Å²) in [5.74, 6) is -0.655. The molecule has 0 aliphatic rings. The second kappa shape index (κ2) is 8.67. The van der Waals surface area contributed by atoms with E-state index in [2.05, 4.69) is 37.6 Å². The molecule has 29 heavy (non-hydrogen) atoms. The van der Waals surface area contributed by atoms with E-state index in [9.17, 15) is 12.8 Å². The number of nitrogens with two attached hydrogens (primary N) is 1. The molecule has 158 valence electrons. The van der Waals surface area contributed by atoms with E-state index in [0.29, 0.717) is 12.1 Å². The summed E-state index contributed by atoms with van der Waals surface area (Å²) in [4.78, 5) is 1.81. The Morgan fingerprint density at radius 3 is 2.24 bits per heavy atom. The standard InChI is InChI=1S/C21H28FN3O2S2/c1-14(16-8-11-19(18(22)12-16)24-29(5,26)27)25(20(23)28)13-15-6-9-17(10-7-15)21(2,3)4/h6-12,14,24H,13H2,1-5H3,(H2,23,28)/t14-/m0/s1. The number of benzene rings is 2. The van der Waals surface area contributed by atoms with Crippen LogP contribution in [0, 0.1) is 5.82 Å². The van der Waals surface area contributed by atoms with E-state index in [-0.39, 0.29) is 22.3 Å². The second-order valence-corrected chi connectivity index (χ2v) is 10.4. The van der Waals surface area contributed by atoms with E-state index >= 15 is 0 Å². The van der Waals surface area contributed by atoms with Crippen molar-refractivity contribution in [3.63, 3.8) is 0 Å². The van der Waals surface area contributed by atoms with Crippen LogP contribution in [0.1, 0.15) is 50.4 Å². The number of rotatable bonds is 6. The van der Waals surface area contributed by atoms with Crippen molar-refractivity contribution in [3.8, 4) is 0 Å². The van der Waals surface area contributed by atoms with Gasteiger partial charge in [0.05, 0.1) is 18.0 Å². The van der Waals surface area contributed by atoms with Gasteiger partial charge >= 0.3 is 0 Å². The number of nitrogens with one attached hydrogen (secondary N) is 1. The quantitative estimate of drug-likeness (QED) is 0.659. The van der Waals surface area contributed by atoms with Gasteiger partial charge in [0.25, 0.3) is 0 Å². The Balaban J connectivity index is 2.24. The molecule has 0 saturated heterocycles. The fraction of sp³-hybridized carbons (Fsp3) is 0.381. The van der Waals surface area contributed by atoms with Crippen LogP contribution in [0.5, 0.6) is 0 Å². The smallest absolute Gasteiger partial charge is 0.229 e. The van der Waals surface area contributed by atoms with Crippen LogP contribution in [0.15, 0.2) is 42.5 Å². The van der Waals surface area contributed by atoms with Crippen molar-refractivity contribution in [2.24, 2.45) is 5.73 Å². The van der Waals surface area contributed by atoms with Crippen molar-refractivity contribution in [1.82, 2.24) is 4.90 Å². The lowest BCUT2D eigenvalue weighted by atomic mass is 9.86. The number of hydrogen-bond donors (Lipinski definition) is 2. The number of thiocarbonyl (C=S) groups is 1. The Morgan fingerprint density at radius 1 is 1.21 bits per heavy atom. The van der Waals surface area contributed by atoms with Gasteiger partial charge in [0.1, 0.15) is 5.82 Å². The van der Waals surface area contributed by atoms with Gasteiger partial charge in [-0.05, 0) is 53.4 Å². The van der Waals surface area contributed by atoms with Crippen molar-refractivity contribution >= 4 is 33.0 Å². The average Bonchev–Trinajstić information content (AvgIpc) is 2.59. The summed E-state index contributed by atoms with van der Waals surface area (Å²) in [6, 6.07) is 12.3. The normalized spacial score (nSPS) is 13.0. The lowest BCUT2D eigenvalue weighted by Gasteiger charge is -2.30. The van der Waals surface area contributed by atoms with Crippen LogP contribution >= 0.6 is 12.2 Å². The Labute approximate surface area is 178 Å². The van der Waals surface area contributed by atoms with Crippen LogP contribution in [-0.2, 0) is 22.0 Å². The van der Waals surface area contributed by atoms with Crippen LogP contribution in [0.3, 0.4) is 0 Å². The number of sulfonamides is 1. The third-order valence-corrected chi connectivity index (χ3v) is 5.52. The molecule has 0 spiro atoms. The van der Waals surface area contributed by atoms with Gasteiger partial charge in [-0.2, -0.15) is 0 Å². The summed E-state index contributed by atoms with van der Waals surface area (Å²) < 4.78 is 39.2. The fourth-order valence-electron chi connectivity index (χ4n) is 2.97. The summed E-state index contributed by atoms with van der Waals surface area (Å²) in [6.45, 7) is 8.82. The van der Waals surface area contributed by atoms with Crippen molar-refractivity contribution in [2.45, 2.75) is 45.7 Å². The maximum absolute atomic E-state index is 14.4. The first-order valence-corrected chi connectivity index (χ1v) is 11.5. The predicted octanol–water partition coefficient (Wildman–Crippen LogP) is 4.30. The van der Waals surface area contributed by atoms with Gasteiger partial charge in [-0.3, -0.25) is 4.72 Å². The highest BCUT2D eigenvalue weighted by molar-refractivity contribution is 7.92. The largest absolute Gasteiger partial charge is 0.376 e. The van der Waals surface area contributed by atoms with Gasteiger partial charge in [0, 0.05) is 6.54 Å². The highest BCUT2D eigenvalue weighted by Crippen LogP contribution is 2.27. The van der Waals surface area contributed by atoms with Crippen molar-refractivity contribution < 1.29 is 12.8 Å². The maximum atomic E-state index is 14.4. The fourth-order valence-corrected chi connectivity index (χ4v) is 3.75. The van der Waals surface area contributed by atoms with Crippen LogP contribution in [-0.4, -0.2) is 24.7 Å². The van der Waals surface area contributed by atoms with Gasteiger partial charge in [0.15, 0.2) is 5.11 Å². The van der Waals surface area contributed by atoms with Crippen LogP contribution in [0.25, 0.3) is 0 Å². The number of nitrogens with zero attached hydrogens (tertiary/aromatic N) is 1. The lowest BCUT2D eigenvalue weighted by Crippen LogP contribution is -2.37. The summed E-state index contributed by atoms with van der Waals surface area (Å²) in [5.41, 5.74) is 8.82. The SMILES string of the molecule is C[C@@H](c1ccc(NS(C)(=O)=O)c(F)c1)N(Cc1ccc(C(C)(C)C)cc1)C(N)=S. The second-order valence-electron chi connectivity index (χ2n) is 8.20. The number of anilines is 1. The zero-order valence-electron chi connectivity index (χ0n) is 17.4. The zero-order chi connectivity index (χ0) is 22.0. The van der Waals surface area contributed by atoms with Gasteiger partial charge in [-0.15, -0.1) is 0 Å². The Morgan fingerprint density at radius 2 is 1.79 bits per heavy atom. The van der Waals surface area contributed by atoms with Gasteiger partial charge < -0.3 is 10.6 Å². The lowest BCUT2D eigenvalue weighted by molar-refractivity contribution is 0.331. The molecule has 5 nitrogen and oxygen atoms in total. The molecule has 0 radical (unpaired) electrons. The molecule has 0 aromatic heterocycles. The van der Waals surface area contributed by atoms with Crippen molar-refractivity contribution in [3.05, 3.63) is 65.0 Å². The Bertz CT molecular complexity index is 984. The molecule has 0 aliphatic heterocycles. The minimum atomic E-state index is -3.56. The Hall–Kier alpha value is -2.19. The summed E-state index contributed by atoms with van der Waals surface area (Å²) >= 11 is 5.23. The summed E-state index contributed by atoms with van der Waals surface area (Å²) in [6.07, 6.45) is 0.975. The molecule has 0 aliphatic carbocycles. The molecular weight excluding hydrogens is 409 g/mol. The molecule has 2 aromatic carbocycles. The molecule has 0 heterocycles. The Kier molecular flexibility index (Phi) is 6.90. The summed E-state index contributed by atoms with van der Waals surface area (Å²) in [5, 5.41) is 0.205. The van der Waals surface area contributed by atoms with E-state index < -0.39 is 15.8 Å². The predicted molar refractivity (Wildman–Crippen MR) is 121 cm³/mol. The van der Waals surface area contributed by atoms with Crippen LogP contribution in [0.4, 0.5) is 10.1 Å². The minimum absolute atomic E-state index is 0.0634. The topological polar surface area (TPSA) is 75.4 Å². The van der Waals surface area contributed by atoms with E-state index in [1.165, 1.54) is 17.7 Å². The third-order valence-electron chi connectivity index (χ3n) is 4.69. The molecule has 0 fully saturated rings. The first-order valence-electron chi connectivity index (χ1n) is 9.20. The highest BCUT2D eigenvalue weighted by atomic mass is 32.2. The molecular formula is C21H28FN3O2S2. The molecule has 0 unspecified atom stereocenters. The number of hydrogen-bond acceptors (Lipinski definition) is 3. The monoisotopic (exact) mass is 437 g/mol. The first kappa shape index (κ1) is 23.1. The third kappa shape index (κ3) is 6.40. The maximum Gasteiger partial charge on any atom is 0.229 e. The minimum Gasteiger partial charge on any atom is -0.376 e. The molecule has 1 atom stereocenters. The van der Waals surface area contributed by atoms with Crippen LogP contribution in [0.2, 0.25) is 0 Å². The van der Waals surface area contributed by atoms with Crippen molar-refractivity contribution in [1.29, 1.82) is 0 Å². The van der Waals surface area contributed by atoms with Gasteiger partial charge in [-0.1, -0.05) is 51.1 Å². The van der Waals surface area contributed by atoms with Gasteiger partial charge in [0.2, 0.25) is 10.0 Å². The molecule has 2 aromatic rings. The van der Waals surface area contributed by atoms with E-state index in [4.69, 9.17) is 18.0 Å². The first-order chi connectivity index (χ1) is 13.3. The molecule has 8 heteroatoms. The van der Waals surface area contributed by atoms with E-state index in [1.807, 2.05) is 19.1 Å². The number of halogens is 1. The molecule has 2 rings (SSSR count). The highest BCUT2D eigenvalue weighted by Gasteiger charge is 2.20. The molecule has 0 saturated carbocycles. The zero-order valence-corrected chi connectivity index (χ0v) is 19.0. The summed E-state index contributed by atoms with van der Waals surface area (Å²) in [7, 11) is -3.56. The molecule has 3 N–H and O–H groups in total. The average molecular weight is 438 g/mol. The van der Waals surface area contributed by atoms with E-state index in [1.54, 1.807) is 11.0 Å².